The van der Waals surface area contributed by atoms with Gasteiger partial charge >= 0.3 is 5.97 Å². The first kappa shape index (κ1) is 21.8. The third-order valence-corrected chi connectivity index (χ3v) is 4.57. The SMILES string of the molecule is CC(C)(C)OC(=O)c1ccc(Cn2cc3[nH]c(C#CCn4cncn4)c[nH]c-3cn2[O-])cc1. The molecule has 1 aromatic heterocycles. The predicted octanol–water partition coefficient (Wildman–Crippen LogP) is 3.17. The molecule has 0 amide bonds. The second-order valence-electron chi connectivity index (χ2n) is 8.41. The predicted molar refractivity (Wildman–Crippen MR) is 122 cm³/mol. The number of benzene rings is 1. The van der Waals surface area contributed by atoms with E-state index in [-0.39, 0.29) is 5.97 Å². The van der Waals surface area contributed by atoms with Gasteiger partial charge < -0.3 is 24.8 Å². The zero-order valence-corrected chi connectivity index (χ0v) is 18.6. The van der Waals surface area contributed by atoms with Crippen LogP contribution in [0.5, 0.6) is 0 Å². The van der Waals surface area contributed by atoms with Crippen molar-refractivity contribution in [2.75, 3.05) is 0 Å². The van der Waals surface area contributed by atoms with E-state index < -0.39 is 5.60 Å². The number of nitrogens with zero attached hydrogens (tertiary/aromatic N) is 5. The lowest BCUT2D eigenvalue weighted by atomic mass is 10.1. The Hall–Kier alpha value is -4.39. The number of fused-ring (bicyclic) bond motifs is 1. The Morgan fingerprint density at radius 3 is 2.67 bits per heavy atom. The number of carbonyl (C=O) groups excluding carboxylic acids is 1. The number of esters is 1. The van der Waals surface area contributed by atoms with Gasteiger partial charge in [-0.2, -0.15) is 5.10 Å². The number of aromatic nitrogens is 7. The second kappa shape index (κ2) is 9.00. The summed E-state index contributed by atoms with van der Waals surface area (Å²) < 4.78 is 8.53. The molecule has 0 aliphatic carbocycles. The average molecular weight is 446 g/mol. The van der Waals surface area contributed by atoms with Crippen LogP contribution in [0.2, 0.25) is 0 Å². The smallest absolute Gasteiger partial charge is 0.338 e. The van der Waals surface area contributed by atoms with Crippen LogP contribution in [0.4, 0.5) is 0 Å². The second-order valence-corrected chi connectivity index (χ2v) is 8.41. The molecule has 0 atom stereocenters. The maximum Gasteiger partial charge on any atom is 0.338 e. The molecule has 0 fully saturated rings. The zero-order chi connectivity index (χ0) is 23.4. The molecule has 2 aliphatic rings. The van der Waals surface area contributed by atoms with Gasteiger partial charge in [0.05, 0.1) is 23.5 Å². The van der Waals surface area contributed by atoms with Crippen molar-refractivity contribution in [1.82, 2.24) is 34.3 Å². The quantitative estimate of drug-likeness (QED) is 0.368. The number of aromatic amines is 2. The zero-order valence-electron chi connectivity index (χ0n) is 18.6. The van der Waals surface area contributed by atoms with E-state index in [1.807, 2.05) is 20.8 Å². The topological polar surface area (TPSA) is 122 Å². The molecule has 2 aliphatic heterocycles. The van der Waals surface area contributed by atoms with Crippen LogP contribution in [0.15, 0.2) is 55.5 Å². The lowest BCUT2D eigenvalue weighted by molar-refractivity contribution is 0.00695. The Morgan fingerprint density at radius 2 is 1.97 bits per heavy atom. The third-order valence-electron chi connectivity index (χ3n) is 4.57. The molecule has 0 saturated carbocycles. The highest BCUT2D eigenvalue weighted by molar-refractivity contribution is 5.89. The van der Waals surface area contributed by atoms with Crippen LogP contribution in [0.1, 0.15) is 42.4 Å². The summed E-state index contributed by atoms with van der Waals surface area (Å²) >= 11 is 0. The van der Waals surface area contributed by atoms with Gasteiger partial charge in [-0.25, -0.2) is 14.5 Å². The van der Waals surface area contributed by atoms with Crippen LogP contribution in [0.25, 0.3) is 11.4 Å². The normalized spacial score (nSPS) is 11.1. The Kier molecular flexibility index (Phi) is 5.95. The van der Waals surface area contributed by atoms with Crippen molar-refractivity contribution in [3.05, 3.63) is 77.5 Å². The molecule has 2 aromatic rings. The molecule has 3 heterocycles. The minimum absolute atomic E-state index is 0.323. The van der Waals surface area contributed by atoms with Gasteiger partial charge in [0.15, 0.2) is 0 Å². The van der Waals surface area contributed by atoms with Crippen LogP contribution in [-0.2, 0) is 17.8 Å². The fourth-order valence-corrected chi connectivity index (χ4v) is 3.06. The molecule has 1 aromatic carbocycles. The number of H-pyrrole nitrogens is 2. The summed E-state index contributed by atoms with van der Waals surface area (Å²) in [6.45, 7) is 6.21. The van der Waals surface area contributed by atoms with Crippen molar-refractivity contribution in [2.24, 2.45) is 0 Å². The highest BCUT2D eigenvalue weighted by Crippen LogP contribution is 2.18. The lowest BCUT2D eigenvalue weighted by Gasteiger charge is -2.24. The van der Waals surface area contributed by atoms with Crippen molar-refractivity contribution in [2.45, 2.75) is 39.5 Å². The molecule has 2 N–H and O–H groups in total. The molecule has 4 rings (SSSR count). The maximum absolute atomic E-state index is 12.5. The molecular formula is C23H24N7O3-. The number of rotatable bonds is 4. The molecule has 10 nitrogen and oxygen atoms in total. The fraction of sp³-hybridized carbons (Fsp3) is 0.261. The van der Waals surface area contributed by atoms with Crippen molar-refractivity contribution in [1.29, 1.82) is 0 Å². The minimum atomic E-state index is -0.558. The van der Waals surface area contributed by atoms with E-state index in [1.165, 1.54) is 17.2 Å². The molecule has 0 radical (unpaired) electrons. The van der Waals surface area contributed by atoms with E-state index in [4.69, 9.17) is 4.74 Å². The van der Waals surface area contributed by atoms with Gasteiger partial charge in [-0.3, -0.25) is 4.68 Å². The molecule has 10 heteroatoms. The van der Waals surface area contributed by atoms with Crippen LogP contribution in [-0.4, -0.2) is 45.8 Å². The Labute approximate surface area is 190 Å². The summed E-state index contributed by atoms with van der Waals surface area (Å²) in [4.78, 5) is 23.1. The van der Waals surface area contributed by atoms with Gasteiger partial charge in [0.2, 0.25) is 0 Å². The molecule has 170 valence electrons. The summed E-state index contributed by atoms with van der Waals surface area (Å²) in [5.74, 6) is 5.66. The van der Waals surface area contributed by atoms with E-state index in [0.717, 1.165) is 16.1 Å². The summed E-state index contributed by atoms with van der Waals surface area (Å²) in [7, 11) is 0. The van der Waals surface area contributed by atoms with Gasteiger partial charge in [0.25, 0.3) is 0 Å². The van der Waals surface area contributed by atoms with E-state index in [0.29, 0.717) is 30.0 Å². The number of hydrogen-bond donors (Lipinski definition) is 2. The average Bonchev–Trinajstić information content (AvgIpc) is 3.27. The monoisotopic (exact) mass is 446 g/mol. The summed E-state index contributed by atoms with van der Waals surface area (Å²) in [6.07, 6.45) is 7.92. The van der Waals surface area contributed by atoms with Crippen LogP contribution >= 0.6 is 0 Å². The third kappa shape index (κ3) is 5.65. The Balaban J connectivity index is 1.52. The van der Waals surface area contributed by atoms with Gasteiger partial charge in [-0.1, -0.05) is 18.1 Å². The molecule has 0 spiro atoms. The van der Waals surface area contributed by atoms with Gasteiger partial charge in [0, 0.05) is 18.6 Å². The lowest BCUT2D eigenvalue weighted by Crippen LogP contribution is -2.23. The van der Waals surface area contributed by atoms with Crippen molar-refractivity contribution in [3.8, 4) is 23.2 Å². The van der Waals surface area contributed by atoms with Crippen molar-refractivity contribution in [3.63, 3.8) is 0 Å². The van der Waals surface area contributed by atoms with E-state index in [9.17, 15) is 10.0 Å². The van der Waals surface area contributed by atoms with E-state index in [2.05, 4.69) is 31.9 Å². The summed E-state index contributed by atoms with van der Waals surface area (Å²) in [5, 5.41) is 16.5. The van der Waals surface area contributed by atoms with E-state index in [1.54, 1.807) is 47.7 Å². The number of ether oxygens (including phenoxy) is 1. The first-order valence-electron chi connectivity index (χ1n) is 10.3. The van der Waals surface area contributed by atoms with Gasteiger partial charge in [-0.15, -0.1) is 0 Å². The Morgan fingerprint density at radius 1 is 1.18 bits per heavy atom. The first-order chi connectivity index (χ1) is 15.8. The summed E-state index contributed by atoms with van der Waals surface area (Å²) in [5.41, 5.74) is 2.80. The largest absolute Gasteiger partial charge is 0.792 e. The van der Waals surface area contributed by atoms with Crippen LogP contribution < -0.4 is 0 Å². The molecule has 0 bridgehead atoms. The first-order valence-corrected chi connectivity index (χ1v) is 10.3. The van der Waals surface area contributed by atoms with Gasteiger partial charge in [0.1, 0.15) is 30.5 Å². The molecule has 0 unspecified atom stereocenters. The minimum Gasteiger partial charge on any atom is -0.792 e. The van der Waals surface area contributed by atoms with Crippen LogP contribution in [0.3, 0.4) is 0 Å². The molecular weight excluding hydrogens is 422 g/mol. The highest BCUT2D eigenvalue weighted by atomic mass is 16.6. The van der Waals surface area contributed by atoms with Crippen molar-refractivity contribution >= 4 is 5.97 Å². The summed E-state index contributed by atoms with van der Waals surface area (Å²) in [6, 6.07) is 7.00. The number of hydrogen-bond acceptors (Lipinski definition) is 5. The fourth-order valence-electron chi connectivity index (χ4n) is 3.06. The van der Waals surface area contributed by atoms with Crippen molar-refractivity contribution < 1.29 is 9.53 Å². The van der Waals surface area contributed by atoms with E-state index >= 15 is 0 Å². The molecule has 33 heavy (non-hydrogen) atoms. The highest BCUT2D eigenvalue weighted by Gasteiger charge is 2.17. The van der Waals surface area contributed by atoms with Crippen LogP contribution in [0, 0.1) is 17.0 Å². The Bertz CT molecular complexity index is 1300. The molecule has 0 saturated heterocycles. The number of nitrogens with one attached hydrogen (secondary N) is 2. The standard InChI is InChI=1S/C23H24N7O3/c1-23(2,3)33-22(31)18-8-6-17(7-9-18)12-29-13-21-20(14-30(29)32)25-11-19(27-21)5-4-10-28-16-24-15-26-28/h6-9,11,13-16,25,27H,10,12H2,1-3H3/q-1. The van der Waals surface area contributed by atoms with Gasteiger partial charge in [-0.05, 0) is 44.4 Å². The maximum atomic E-state index is 12.5. The number of carbonyl (C=O) groups is 1.